The zero-order valence-electron chi connectivity index (χ0n) is 9.33. The second-order valence-electron chi connectivity index (χ2n) is 5.13. The van der Waals surface area contributed by atoms with Gasteiger partial charge >= 0.3 is 6.09 Å². The standard InChI is InChI=1S/C10H18FNO3/c1-9(2,3)10(6-13)4-7(11)5-12(10)8(14)15/h7,13H,4-6H2,1-3H3,(H,14,15). The SMILES string of the molecule is CC(C)(C)C1(CO)CC(F)CN1C(=O)O. The van der Waals surface area contributed by atoms with Crippen LogP contribution >= 0.6 is 0 Å². The number of amides is 1. The van der Waals surface area contributed by atoms with E-state index >= 15 is 0 Å². The topological polar surface area (TPSA) is 60.8 Å². The first-order valence-corrected chi connectivity index (χ1v) is 5.00. The van der Waals surface area contributed by atoms with Crippen molar-refractivity contribution in [2.75, 3.05) is 13.2 Å². The second kappa shape index (κ2) is 3.63. The molecular weight excluding hydrogens is 201 g/mol. The van der Waals surface area contributed by atoms with Crippen molar-refractivity contribution in [2.24, 2.45) is 5.41 Å². The molecule has 2 N–H and O–H groups in total. The molecule has 88 valence electrons. The van der Waals surface area contributed by atoms with Crippen LogP contribution in [0.5, 0.6) is 0 Å². The van der Waals surface area contributed by atoms with E-state index in [2.05, 4.69) is 0 Å². The lowest BCUT2D eigenvalue weighted by Gasteiger charge is -2.45. The minimum atomic E-state index is -1.19. The second-order valence-corrected chi connectivity index (χ2v) is 5.13. The summed E-state index contributed by atoms with van der Waals surface area (Å²) >= 11 is 0. The highest BCUT2D eigenvalue weighted by atomic mass is 19.1. The number of aliphatic hydroxyl groups excluding tert-OH is 1. The number of halogens is 1. The van der Waals surface area contributed by atoms with Gasteiger partial charge in [-0.1, -0.05) is 20.8 Å². The zero-order chi connectivity index (χ0) is 11.9. The molecule has 1 amide bonds. The molecular formula is C10H18FNO3. The number of nitrogens with zero attached hydrogens (tertiary/aromatic N) is 1. The Morgan fingerprint density at radius 2 is 2.13 bits per heavy atom. The Hall–Kier alpha value is -0.840. The molecule has 0 bridgehead atoms. The van der Waals surface area contributed by atoms with Crippen molar-refractivity contribution in [3.8, 4) is 0 Å². The van der Waals surface area contributed by atoms with Gasteiger partial charge in [0.1, 0.15) is 6.17 Å². The summed E-state index contributed by atoms with van der Waals surface area (Å²) in [6.45, 7) is 4.96. The van der Waals surface area contributed by atoms with Crippen molar-refractivity contribution in [1.29, 1.82) is 0 Å². The molecule has 0 spiro atoms. The van der Waals surface area contributed by atoms with Gasteiger partial charge in [0, 0.05) is 6.42 Å². The van der Waals surface area contributed by atoms with E-state index in [0.29, 0.717) is 0 Å². The van der Waals surface area contributed by atoms with Crippen molar-refractivity contribution in [2.45, 2.75) is 38.9 Å². The van der Waals surface area contributed by atoms with E-state index in [4.69, 9.17) is 5.11 Å². The fourth-order valence-electron chi connectivity index (χ4n) is 2.27. The summed E-state index contributed by atoms with van der Waals surface area (Å²) < 4.78 is 13.3. The Bertz CT molecular complexity index is 264. The molecule has 5 heteroatoms. The first kappa shape index (κ1) is 12.2. The Morgan fingerprint density at radius 1 is 1.60 bits per heavy atom. The highest BCUT2D eigenvalue weighted by Gasteiger charge is 2.54. The van der Waals surface area contributed by atoms with Crippen LogP contribution in [0.1, 0.15) is 27.2 Å². The summed E-state index contributed by atoms with van der Waals surface area (Å²) in [6.07, 6.45) is -2.29. The van der Waals surface area contributed by atoms with Gasteiger partial charge in [0.05, 0.1) is 18.7 Å². The molecule has 1 aliphatic heterocycles. The number of aliphatic hydroxyl groups is 1. The predicted molar refractivity (Wildman–Crippen MR) is 53.5 cm³/mol. The van der Waals surface area contributed by atoms with Crippen LogP contribution in [-0.4, -0.2) is 46.1 Å². The van der Waals surface area contributed by atoms with Crippen LogP contribution in [0, 0.1) is 5.41 Å². The van der Waals surface area contributed by atoms with E-state index in [9.17, 15) is 14.3 Å². The summed E-state index contributed by atoms with van der Waals surface area (Å²) in [5.41, 5.74) is -1.49. The predicted octanol–water partition coefficient (Wildman–Crippen LogP) is 1.49. The maximum absolute atomic E-state index is 13.3. The van der Waals surface area contributed by atoms with Gasteiger partial charge < -0.3 is 10.2 Å². The van der Waals surface area contributed by atoms with E-state index in [0.717, 1.165) is 4.90 Å². The number of carbonyl (C=O) groups is 1. The molecule has 2 unspecified atom stereocenters. The average Bonchev–Trinajstić information content (AvgIpc) is 2.42. The average molecular weight is 219 g/mol. The molecule has 1 heterocycles. The highest BCUT2D eigenvalue weighted by Crippen LogP contribution is 2.44. The van der Waals surface area contributed by atoms with Gasteiger partial charge in [-0.3, -0.25) is 4.90 Å². The lowest BCUT2D eigenvalue weighted by molar-refractivity contribution is -0.0117. The number of hydrogen-bond donors (Lipinski definition) is 2. The summed E-state index contributed by atoms with van der Waals surface area (Å²) in [6, 6.07) is 0. The minimum absolute atomic E-state index is 0.0688. The lowest BCUT2D eigenvalue weighted by Crippen LogP contribution is -2.57. The molecule has 0 aliphatic carbocycles. The molecule has 0 saturated carbocycles. The summed E-state index contributed by atoms with van der Waals surface area (Å²) in [5, 5.41) is 18.4. The third-order valence-corrected chi connectivity index (χ3v) is 3.35. The van der Waals surface area contributed by atoms with Gasteiger partial charge in [0.25, 0.3) is 0 Å². The van der Waals surface area contributed by atoms with Gasteiger partial charge in [0.2, 0.25) is 0 Å². The van der Waals surface area contributed by atoms with Gasteiger partial charge in [-0.15, -0.1) is 0 Å². The first-order chi connectivity index (χ1) is 6.74. The third-order valence-electron chi connectivity index (χ3n) is 3.35. The Labute approximate surface area is 88.7 Å². The summed E-state index contributed by atoms with van der Waals surface area (Å²) in [5.74, 6) is 0. The molecule has 4 nitrogen and oxygen atoms in total. The van der Waals surface area contributed by atoms with Crippen LogP contribution in [0.4, 0.5) is 9.18 Å². The highest BCUT2D eigenvalue weighted by molar-refractivity contribution is 5.67. The molecule has 1 saturated heterocycles. The van der Waals surface area contributed by atoms with Crippen LogP contribution < -0.4 is 0 Å². The minimum Gasteiger partial charge on any atom is -0.465 e. The van der Waals surface area contributed by atoms with Gasteiger partial charge in [0.15, 0.2) is 0 Å². The zero-order valence-corrected chi connectivity index (χ0v) is 9.33. The van der Waals surface area contributed by atoms with Crippen LogP contribution in [0.25, 0.3) is 0 Å². The Morgan fingerprint density at radius 3 is 2.40 bits per heavy atom. The maximum atomic E-state index is 13.3. The van der Waals surface area contributed by atoms with Gasteiger partial charge in [-0.2, -0.15) is 0 Å². The molecule has 15 heavy (non-hydrogen) atoms. The lowest BCUT2D eigenvalue weighted by atomic mass is 9.72. The van der Waals surface area contributed by atoms with Crippen LogP contribution in [0.2, 0.25) is 0 Å². The molecule has 0 aromatic carbocycles. The van der Waals surface area contributed by atoms with E-state index in [1.54, 1.807) is 0 Å². The maximum Gasteiger partial charge on any atom is 0.407 e. The van der Waals surface area contributed by atoms with E-state index in [-0.39, 0.29) is 19.6 Å². The van der Waals surface area contributed by atoms with Crippen molar-refractivity contribution in [3.63, 3.8) is 0 Å². The molecule has 2 atom stereocenters. The number of carboxylic acid groups (broad SMARTS) is 1. The Kier molecular flexibility index (Phi) is 2.96. The molecule has 1 rings (SSSR count). The summed E-state index contributed by atoms with van der Waals surface area (Å²) in [7, 11) is 0. The van der Waals surface area contributed by atoms with Gasteiger partial charge in [-0.05, 0) is 5.41 Å². The van der Waals surface area contributed by atoms with E-state index in [1.807, 2.05) is 20.8 Å². The van der Waals surface area contributed by atoms with Crippen molar-refractivity contribution in [1.82, 2.24) is 4.90 Å². The van der Waals surface area contributed by atoms with Crippen LogP contribution in [0.15, 0.2) is 0 Å². The van der Waals surface area contributed by atoms with Crippen LogP contribution in [0.3, 0.4) is 0 Å². The Balaban J connectivity index is 3.11. The smallest absolute Gasteiger partial charge is 0.407 e. The monoisotopic (exact) mass is 219 g/mol. The molecule has 0 radical (unpaired) electrons. The number of likely N-dealkylation sites (tertiary alicyclic amines) is 1. The fourth-order valence-corrected chi connectivity index (χ4v) is 2.27. The van der Waals surface area contributed by atoms with Crippen LogP contribution in [-0.2, 0) is 0 Å². The number of alkyl halides is 1. The first-order valence-electron chi connectivity index (χ1n) is 5.00. The van der Waals surface area contributed by atoms with Crippen molar-refractivity contribution in [3.05, 3.63) is 0 Å². The van der Waals surface area contributed by atoms with Gasteiger partial charge in [-0.25, -0.2) is 9.18 Å². The molecule has 0 aromatic heterocycles. The number of hydrogen-bond acceptors (Lipinski definition) is 2. The molecule has 1 fully saturated rings. The molecule has 1 aliphatic rings. The van der Waals surface area contributed by atoms with Crippen molar-refractivity contribution < 1.29 is 19.4 Å². The normalized spacial score (nSPS) is 32.1. The summed E-state index contributed by atoms with van der Waals surface area (Å²) in [4.78, 5) is 12.1. The van der Waals surface area contributed by atoms with Crippen molar-refractivity contribution >= 4 is 6.09 Å². The van der Waals surface area contributed by atoms with E-state index in [1.165, 1.54) is 0 Å². The number of rotatable bonds is 1. The fraction of sp³-hybridized carbons (Fsp3) is 0.900. The quantitative estimate of drug-likeness (QED) is 0.702. The molecule has 0 aromatic rings. The third kappa shape index (κ3) is 1.80. The van der Waals surface area contributed by atoms with E-state index < -0.39 is 23.2 Å². The largest absolute Gasteiger partial charge is 0.465 e.